The maximum Gasteiger partial charge on any atom is 0.251 e. The van der Waals surface area contributed by atoms with Gasteiger partial charge in [-0.1, -0.05) is 6.07 Å². The van der Waals surface area contributed by atoms with E-state index in [1.807, 2.05) is 6.92 Å². The van der Waals surface area contributed by atoms with Crippen LogP contribution in [0.3, 0.4) is 0 Å². The molecule has 0 saturated carbocycles. The van der Waals surface area contributed by atoms with Gasteiger partial charge < -0.3 is 21.7 Å². The van der Waals surface area contributed by atoms with Gasteiger partial charge in [-0.3, -0.25) is 4.79 Å². The first-order valence-corrected chi connectivity index (χ1v) is 8.10. The van der Waals surface area contributed by atoms with E-state index in [4.69, 9.17) is 5.73 Å². The molecule has 1 aromatic carbocycles. The van der Waals surface area contributed by atoms with Gasteiger partial charge in [0.1, 0.15) is 5.82 Å². The number of anilines is 3. The van der Waals surface area contributed by atoms with Gasteiger partial charge in [0.05, 0.1) is 0 Å². The number of nitrogen functional groups attached to an aromatic ring is 1. The van der Waals surface area contributed by atoms with Crippen molar-refractivity contribution in [2.75, 3.05) is 31.2 Å². The molecule has 0 aliphatic carbocycles. The molecule has 7 nitrogen and oxygen atoms in total. The topological polar surface area (TPSA) is 105 Å². The lowest BCUT2D eigenvalue weighted by atomic mass is 10.1. The second kappa shape index (κ2) is 8.93. The summed E-state index contributed by atoms with van der Waals surface area (Å²) in [7, 11) is 1.55. The van der Waals surface area contributed by atoms with E-state index in [0.717, 1.165) is 11.6 Å². The summed E-state index contributed by atoms with van der Waals surface area (Å²) in [5.41, 5.74) is 7.40. The fourth-order valence-corrected chi connectivity index (χ4v) is 2.30. The van der Waals surface area contributed by atoms with Gasteiger partial charge in [-0.05, 0) is 50.6 Å². The number of benzene rings is 1. The van der Waals surface area contributed by atoms with Crippen LogP contribution in [-0.4, -0.2) is 36.0 Å². The Morgan fingerprint density at radius 1 is 1.24 bits per heavy atom. The van der Waals surface area contributed by atoms with Crippen molar-refractivity contribution in [2.24, 2.45) is 0 Å². The number of aryl methyl sites for hydroxylation is 1. The number of nitrogens with one attached hydrogen (secondary N) is 3. The Morgan fingerprint density at radius 2 is 1.96 bits per heavy atom. The molecule has 25 heavy (non-hydrogen) atoms. The van der Waals surface area contributed by atoms with E-state index in [-0.39, 0.29) is 17.7 Å². The number of nitrogens with zero attached hydrogens (tertiary/aromatic N) is 2. The minimum Gasteiger partial charge on any atom is -0.368 e. The van der Waals surface area contributed by atoms with Crippen molar-refractivity contribution in [3.05, 3.63) is 41.3 Å². The molecule has 1 fully saturated rings. The number of amides is 1. The summed E-state index contributed by atoms with van der Waals surface area (Å²) in [5, 5.41) is 8.68. The molecule has 5 N–H and O–H groups in total. The van der Waals surface area contributed by atoms with Crippen LogP contribution in [0.2, 0.25) is 0 Å². The molecule has 0 radical (unpaired) electrons. The third-order valence-corrected chi connectivity index (χ3v) is 3.66. The minimum absolute atomic E-state index is 0.160. The number of hydrogen-bond donors (Lipinski definition) is 4. The summed E-state index contributed by atoms with van der Waals surface area (Å²) in [6.07, 6.45) is 2.78. The monoisotopic (exact) mass is 346 g/mol. The molecular weight excluding hydrogens is 323 g/mol. The van der Waals surface area contributed by atoms with Gasteiger partial charge >= 0.3 is 0 Å². The van der Waals surface area contributed by atoms with Crippen molar-refractivity contribution in [2.45, 2.75) is 19.8 Å². The van der Waals surface area contributed by atoms with Crippen LogP contribution in [0.5, 0.6) is 0 Å². The first-order valence-electron chi connectivity index (χ1n) is 8.10. The van der Waals surface area contributed by atoms with Crippen LogP contribution in [0.1, 0.15) is 28.8 Å². The highest BCUT2D eigenvalue weighted by Crippen LogP contribution is 2.21. The second-order valence-electron chi connectivity index (χ2n) is 5.63. The Labute approximate surface area is 146 Å². The number of nitrogens with two attached hydrogens (primary N) is 1. The van der Waals surface area contributed by atoms with E-state index in [1.165, 1.54) is 25.9 Å². The van der Waals surface area contributed by atoms with Gasteiger partial charge in [-0.25, -0.2) is 0 Å². The van der Waals surface area contributed by atoms with Gasteiger partial charge in [0.2, 0.25) is 11.9 Å². The van der Waals surface area contributed by atoms with E-state index in [1.54, 1.807) is 25.2 Å². The minimum atomic E-state index is -0.722. The summed E-state index contributed by atoms with van der Waals surface area (Å²) in [6, 6.07) is 6.27. The zero-order chi connectivity index (χ0) is 18.2. The molecule has 134 valence electrons. The maximum atomic E-state index is 13.2. The highest BCUT2D eigenvalue weighted by Gasteiger charge is 2.08. The fraction of sp³-hybridized carbons (Fsp3) is 0.353. The Bertz CT molecular complexity index is 705. The van der Waals surface area contributed by atoms with Gasteiger partial charge in [0.25, 0.3) is 5.91 Å². The second-order valence-corrected chi connectivity index (χ2v) is 5.63. The van der Waals surface area contributed by atoms with Gasteiger partial charge in [0.15, 0.2) is 0 Å². The standard InChI is InChI=1S/C13H14FN5O.C4H9N/c1-7-3-4-8(12(20)16-2)5-9(7)17-11-6-10(14)18-13(15)19-11;1-2-4-5-3-1/h3-6H,1-2H3,(H,16,20)(H3,15,17,18,19);5H,1-4H2. The van der Waals surface area contributed by atoms with Crippen LogP contribution < -0.4 is 21.7 Å². The first kappa shape index (κ1) is 18.6. The van der Waals surface area contributed by atoms with E-state index in [2.05, 4.69) is 25.9 Å². The third-order valence-electron chi connectivity index (χ3n) is 3.66. The molecule has 1 aliphatic heterocycles. The summed E-state index contributed by atoms with van der Waals surface area (Å²) in [4.78, 5) is 18.8. The Morgan fingerprint density at radius 3 is 2.52 bits per heavy atom. The molecule has 1 aromatic heterocycles. The molecule has 1 amide bonds. The molecule has 0 bridgehead atoms. The summed E-state index contributed by atoms with van der Waals surface area (Å²) >= 11 is 0. The summed E-state index contributed by atoms with van der Waals surface area (Å²) < 4.78 is 13.2. The quantitative estimate of drug-likeness (QED) is 0.634. The third kappa shape index (κ3) is 5.68. The van der Waals surface area contributed by atoms with Crippen molar-refractivity contribution >= 4 is 23.4 Å². The van der Waals surface area contributed by atoms with Gasteiger partial charge in [0, 0.05) is 24.4 Å². The number of halogens is 1. The SMILES string of the molecule is C1CCNC1.CNC(=O)c1ccc(C)c(Nc2cc(F)nc(N)n2)c1. The van der Waals surface area contributed by atoms with Crippen LogP contribution in [-0.2, 0) is 0 Å². The Balaban J connectivity index is 0.000000386. The molecular formula is C17H23FN6O. The van der Waals surface area contributed by atoms with Gasteiger partial charge in [-0.15, -0.1) is 0 Å². The molecule has 0 atom stereocenters. The molecule has 2 heterocycles. The molecule has 0 spiro atoms. The van der Waals surface area contributed by atoms with Crippen molar-refractivity contribution in [1.29, 1.82) is 0 Å². The molecule has 0 unspecified atom stereocenters. The zero-order valence-corrected chi connectivity index (χ0v) is 14.4. The first-order chi connectivity index (χ1) is 12.0. The number of aromatic nitrogens is 2. The van der Waals surface area contributed by atoms with Gasteiger partial charge in [-0.2, -0.15) is 14.4 Å². The zero-order valence-electron chi connectivity index (χ0n) is 14.4. The van der Waals surface area contributed by atoms with E-state index >= 15 is 0 Å². The van der Waals surface area contributed by atoms with E-state index in [9.17, 15) is 9.18 Å². The lowest BCUT2D eigenvalue weighted by Gasteiger charge is -2.11. The van der Waals surface area contributed by atoms with Crippen LogP contribution in [0.25, 0.3) is 0 Å². The van der Waals surface area contributed by atoms with Crippen LogP contribution in [0, 0.1) is 12.9 Å². The highest BCUT2D eigenvalue weighted by molar-refractivity contribution is 5.95. The number of carbonyl (C=O) groups excluding carboxylic acids is 1. The number of hydrogen-bond acceptors (Lipinski definition) is 6. The summed E-state index contributed by atoms with van der Waals surface area (Å²) in [5.74, 6) is -0.860. The van der Waals surface area contributed by atoms with Crippen molar-refractivity contribution in [1.82, 2.24) is 20.6 Å². The normalized spacial score (nSPS) is 12.9. The maximum absolute atomic E-state index is 13.2. The average Bonchev–Trinajstić information content (AvgIpc) is 3.15. The molecule has 8 heteroatoms. The number of rotatable bonds is 3. The van der Waals surface area contributed by atoms with Crippen molar-refractivity contribution in [3.63, 3.8) is 0 Å². The number of carbonyl (C=O) groups is 1. The Kier molecular flexibility index (Phi) is 6.64. The summed E-state index contributed by atoms with van der Waals surface area (Å²) in [6.45, 7) is 4.36. The smallest absolute Gasteiger partial charge is 0.251 e. The Hall–Kier alpha value is -2.74. The molecule has 1 aliphatic rings. The molecule has 1 saturated heterocycles. The van der Waals surface area contributed by atoms with Crippen LogP contribution in [0.4, 0.5) is 21.8 Å². The predicted molar refractivity (Wildman–Crippen MR) is 96.4 cm³/mol. The van der Waals surface area contributed by atoms with Crippen LogP contribution >= 0.6 is 0 Å². The van der Waals surface area contributed by atoms with E-state index < -0.39 is 5.95 Å². The molecule has 3 rings (SSSR count). The predicted octanol–water partition coefficient (Wildman–Crippen LogP) is 1.98. The molecule has 2 aromatic rings. The fourth-order valence-electron chi connectivity index (χ4n) is 2.30. The highest BCUT2D eigenvalue weighted by atomic mass is 19.1. The van der Waals surface area contributed by atoms with E-state index in [0.29, 0.717) is 11.3 Å². The lowest BCUT2D eigenvalue weighted by Crippen LogP contribution is -2.17. The van der Waals surface area contributed by atoms with Crippen molar-refractivity contribution < 1.29 is 9.18 Å². The largest absolute Gasteiger partial charge is 0.368 e. The average molecular weight is 346 g/mol. The van der Waals surface area contributed by atoms with Crippen LogP contribution in [0.15, 0.2) is 24.3 Å². The van der Waals surface area contributed by atoms with Crippen molar-refractivity contribution in [3.8, 4) is 0 Å². The lowest BCUT2D eigenvalue weighted by molar-refractivity contribution is 0.0963.